The minimum absolute atomic E-state index is 0.549. The minimum Gasteiger partial charge on any atom is -0.384 e. The van der Waals surface area contributed by atoms with E-state index in [2.05, 4.69) is 12.2 Å². The van der Waals surface area contributed by atoms with Gasteiger partial charge in [-0.05, 0) is 31.2 Å². The lowest BCUT2D eigenvalue weighted by molar-refractivity contribution is 0.0530. The van der Waals surface area contributed by atoms with Crippen molar-refractivity contribution in [2.24, 2.45) is 5.92 Å². The highest BCUT2D eigenvalue weighted by Crippen LogP contribution is 2.34. The first-order valence-electron chi connectivity index (χ1n) is 7.13. The van der Waals surface area contributed by atoms with Gasteiger partial charge in [-0.1, -0.05) is 50.1 Å². The topological polar surface area (TPSA) is 32.3 Å². The van der Waals surface area contributed by atoms with Gasteiger partial charge in [0.2, 0.25) is 0 Å². The number of benzene rings is 1. The van der Waals surface area contributed by atoms with E-state index in [1.54, 1.807) is 0 Å². The van der Waals surface area contributed by atoms with Crippen molar-refractivity contribution in [1.29, 1.82) is 0 Å². The summed E-state index contributed by atoms with van der Waals surface area (Å²) >= 11 is 0. The van der Waals surface area contributed by atoms with Crippen LogP contribution in [0.5, 0.6) is 0 Å². The lowest BCUT2D eigenvalue weighted by Gasteiger charge is -2.27. The Balaban J connectivity index is 1.87. The second-order valence-corrected chi connectivity index (χ2v) is 5.81. The smallest absolute Gasteiger partial charge is 0.0992 e. The molecule has 0 bridgehead atoms. The highest BCUT2D eigenvalue weighted by atomic mass is 16.3. The Hall–Kier alpha value is -0.860. The van der Waals surface area contributed by atoms with E-state index >= 15 is 0 Å². The quantitative estimate of drug-likeness (QED) is 0.776. The van der Waals surface area contributed by atoms with E-state index in [4.69, 9.17) is 0 Å². The van der Waals surface area contributed by atoms with Gasteiger partial charge in [-0.3, -0.25) is 0 Å². The minimum atomic E-state index is -0.780. The molecule has 1 saturated carbocycles. The molecule has 0 heterocycles. The van der Waals surface area contributed by atoms with E-state index in [1.165, 1.54) is 19.3 Å². The van der Waals surface area contributed by atoms with Crippen LogP contribution in [0.25, 0.3) is 0 Å². The zero-order chi connectivity index (χ0) is 13.0. The molecule has 1 fully saturated rings. The molecule has 1 aliphatic rings. The maximum Gasteiger partial charge on any atom is 0.0992 e. The van der Waals surface area contributed by atoms with Gasteiger partial charge in [-0.25, -0.2) is 0 Å². The lowest BCUT2D eigenvalue weighted by Crippen LogP contribution is -2.40. The van der Waals surface area contributed by atoms with Crippen LogP contribution >= 0.6 is 0 Å². The molecule has 1 aromatic rings. The highest BCUT2D eigenvalue weighted by molar-refractivity contribution is 5.21. The fourth-order valence-corrected chi connectivity index (χ4v) is 2.39. The predicted octanol–water partition coefficient (Wildman–Crippen LogP) is 3.06. The van der Waals surface area contributed by atoms with E-state index < -0.39 is 5.60 Å². The van der Waals surface area contributed by atoms with Gasteiger partial charge in [0, 0.05) is 12.6 Å². The summed E-state index contributed by atoms with van der Waals surface area (Å²) in [7, 11) is 0. The Labute approximate surface area is 110 Å². The summed E-state index contributed by atoms with van der Waals surface area (Å²) in [5, 5.41) is 14.0. The van der Waals surface area contributed by atoms with Crippen molar-refractivity contribution in [2.75, 3.05) is 6.54 Å². The largest absolute Gasteiger partial charge is 0.384 e. The molecule has 0 aliphatic heterocycles. The van der Waals surface area contributed by atoms with Gasteiger partial charge < -0.3 is 10.4 Å². The maximum absolute atomic E-state index is 10.5. The zero-order valence-electron chi connectivity index (χ0n) is 11.5. The predicted molar refractivity (Wildman–Crippen MR) is 75.4 cm³/mol. The van der Waals surface area contributed by atoms with Crippen LogP contribution in [-0.2, 0) is 5.60 Å². The van der Waals surface area contributed by atoms with Crippen molar-refractivity contribution in [3.8, 4) is 0 Å². The maximum atomic E-state index is 10.5. The monoisotopic (exact) mass is 247 g/mol. The first-order chi connectivity index (χ1) is 8.62. The van der Waals surface area contributed by atoms with E-state index in [1.807, 2.05) is 37.3 Å². The molecule has 0 aromatic heterocycles. The van der Waals surface area contributed by atoms with Crippen molar-refractivity contribution < 1.29 is 5.11 Å². The van der Waals surface area contributed by atoms with Crippen LogP contribution in [0.1, 0.15) is 45.1 Å². The van der Waals surface area contributed by atoms with Gasteiger partial charge >= 0.3 is 0 Å². The molecule has 2 atom stereocenters. The summed E-state index contributed by atoms with van der Waals surface area (Å²) in [5.74, 6) is 0.934. The molecule has 0 spiro atoms. The van der Waals surface area contributed by atoms with Crippen molar-refractivity contribution in [2.45, 2.75) is 51.2 Å². The lowest BCUT2D eigenvalue weighted by atomic mass is 9.95. The molecule has 1 aromatic carbocycles. The Morgan fingerprint density at radius 3 is 2.56 bits per heavy atom. The number of hydrogen-bond acceptors (Lipinski definition) is 2. The number of rotatable bonds is 7. The van der Waals surface area contributed by atoms with Gasteiger partial charge in [-0.15, -0.1) is 0 Å². The fourth-order valence-electron chi connectivity index (χ4n) is 2.39. The zero-order valence-corrected chi connectivity index (χ0v) is 11.5. The highest BCUT2D eigenvalue weighted by Gasteiger charge is 2.27. The molecule has 100 valence electrons. The average molecular weight is 247 g/mol. The first kappa shape index (κ1) is 13.6. The molecule has 18 heavy (non-hydrogen) atoms. The summed E-state index contributed by atoms with van der Waals surface area (Å²) in [4.78, 5) is 0. The van der Waals surface area contributed by atoms with Crippen LogP contribution in [0.2, 0.25) is 0 Å². The van der Waals surface area contributed by atoms with Crippen molar-refractivity contribution >= 4 is 0 Å². The second kappa shape index (κ2) is 5.85. The molecular weight excluding hydrogens is 222 g/mol. The molecule has 0 saturated heterocycles. The van der Waals surface area contributed by atoms with E-state index in [9.17, 15) is 5.11 Å². The van der Waals surface area contributed by atoms with E-state index in [0.29, 0.717) is 12.6 Å². The normalized spacial score (nSPS) is 20.4. The van der Waals surface area contributed by atoms with Gasteiger partial charge in [-0.2, -0.15) is 0 Å². The molecule has 2 heteroatoms. The molecule has 2 unspecified atom stereocenters. The molecule has 2 N–H and O–H groups in total. The molecule has 2 nitrogen and oxygen atoms in total. The van der Waals surface area contributed by atoms with Gasteiger partial charge in [0.05, 0.1) is 5.60 Å². The molecule has 0 amide bonds. The number of nitrogens with one attached hydrogen (secondary N) is 1. The van der Waals surface area contributed by atoms with Gasteiger partial charge in [0.1, 0.15) is 0 Å². The average Bonchev–Trinajstić information content (AvgIpc) is 3.19. The number of aliphatic hydroxyl groups is 1. The molecular formula is C16H25NO. The van der Waals surface area contributed by atoms with Gasteiger partial charge in [0.25, 0.3) is 0 Å². The number of hydrogen-bond donors (Lipinski definition) is 2. The Morgan fingerprint density at radius 1 is 1.33 bits per heavy atom. The molecule has 0 radical (unpaired) electrons. The van der Waals surface area contributed by atoms with E-state index in [0.717, 1.165) is 17.9 Å². The third-order valence-corrected chi connectivity index (χ3v) is 3.94. The summed E-state index contributed by atoms with van der Waals surface area (Å²) < 4.78 is 0. The van der Waals surface area contributed by atoms with Crippen molar-refractivity contribution in [3.05, 3.63) is 35.9 Å². The third kappa shape index (κ3) is 3.82. The van der Waals surface area contributed by atoms with Crippen molar-refractivity contribution in [3.63, 3.8) is 0 Å². The van der Waals surface area contributed by atoms with Crippen molar-refractivity contribution in [1.82, 2.24) is 5.32 Å². The SMILES string of the molecule is CCC(CC1CC1)NCC(C)(O)c1ccccc1. The summed E-state index contributed by atoms with van der Waals surface area (Å²) in [6, 6.07) is 10.5. The first-order valence-corrected chi connectivity index (χ1v) is 7.13. The summed E-state index contributed by atoms with van der Waals surface area (Å²) in [5.41, 5.74) is 0.205. The van der Waals surface area contributed by atoms with Crippen LogP contribution in [0, 0.1) is 5.92 Å². The van der Waals surface area contributed by atoms with Crippen LogP contribution < -0.4 is 5.32 Å². The van der Waals surface area contributed by atoms with Crippen LogP contribution in [-0.4, -0.2) is 17.7 Å². The molecule has 2 rings (SSSR count). The van der Waals surface area contributed by atoms with E-state index in [-0.39, 0.29) is 0 Å². The third-order valence-electron chi connectivity index (χ3n) is 3.94. The molecule has 1 aliphatic carbocycles. The van der Waals surface area contributed by atoms with Crippen LogP contribution in [0.3, 0.4) is 0 Å². The van der Waals surface area contributed by atoms with Crippen LogP contribution in [0.4, 0.5) is 0 Å². The second-order valence-electron chi connectivity index (χ2n) is 5.81. The Kier molecular flexibility index (Phi) is 4.41. The Bertz CT molecular complexity index is 357. The summed E-state index contributed by atoms with van der Waals surface area (Å²) in [6.45, 7) is 4.73. The van der Waals surface area contributed by atoms with Gasteiger partial charge in [0.15, 0.2) is 0 Å². The standard InChI is InChI=1S/C16H25NO/c1-3-15(11-13-9-10-13)17-12-16(2,18)14-7-5-4-6-8-14/h4-8,13,15,17-18H,3,9-12H2,1-2H3. The van der Waals surface area contributed by atoms with Crippen LogP contribution in [0.15, 0.2) is 30.3 Å². The fraction of sp³-hybridized carbons (Fsp3) is 0.625. The summed E-state index contributed by atoms with van der Waals surface area (Å²) in [6.07, 6.45) is 5.20. The Morgan fingerprint density at radius 2 is 2.00 bits per heavy atom.